The summed E-state index contributed by atoms with van der Waals surface area (Å²) in [6.07, 6.45) is 0.935. The summed E-state index contributed by atoms with van der Waals surface area (Å²) in [5, 5.41) is 12.0. The Morgan fingerprint density at radius 1 is 1.25 bits per heavy atom. The molecule has 1 aliphatic carbocycles. The van der Waals surface area contributed by atoms with Gasteiger partial charge in [0.25, 0.3) is 0 Å². The van der Waals surface area contributed by atoms with Gasteiger partial charge in [0, 0.05) is 25.2 Å². The number of nitrogens with zero attached hydrogens (tertiary/aromatic N) is 1. The number of nitro groups is 1. The molecule has 1 unspecified atom stereocenters. The van der Waals surface area contributed by atoms with Gasteiger partial charge in [-0.25, -0.2) is 0 Å². The van der Waals surface area contributed by atoms with E-state index in [2.05, 4.69) is 19.6 Å². The van der Waals surface area contributed by atoms with Crippen molar-refractivity contribution in [1.82, 2.24) is 0 Å². The van der Waals surface area contributed by atoms with Gasteiger partial charge in [0.15, 0.2) is 6.79 Å². The SMILES string of the molecule is CC(C)(C)OC(=O)C1(C(C[N+](=O)[O-])c2c(OCOCC[Si](C)(C)C)ccc(Cl)c2Cl)CC1. The molecule has 0 saturated heterocycles. The van der Waals surface area contributed by atoms with E-state index in [1.165, 1.54) is 0 Å². The van der Waals surface area contributed by atoms with Crippen LogP contribution in [0, 0.1) is 15.5 Å². The van der Waals surface area contributed by atoms with Crippen LogP contribution in [0.1, 0.15) is 45.1 Å². The lowest BCUT2D eigenvalue weighted by Crippen LogP contribution is -2.35. The zero-order valence-corrected chi connectivity index (χ0v) is 22.1. The number of esters is 1. The topological polar surface area (TPSA) is 87.9 Å². The van der Waals surface area contributed by atoms with Crippen molar-refractivity contribution in [3.63, 3.8) is 0 Å². The maximum absolute atomic E-state index is 13.1. The molecule has 0 aromatic heterocycles. The molecule has 1 atom stereocenters. The van der Waals surface area contributed by atoms with Crippen LogP contribution in [0.25, 0.3) is 0 Å². The summed E-state index contributed by atoms with van der Waals surface area (Å²) >= 11 is 12.8. The number of hydrogen-bond acceptors (Lipinski definition) is 6. The highest BCUT2D eigenvalue weighted by atomic mass is 35.5. The zero-order valence-electron chi connectivity index (χ0n) is 19.6. The number of halogens is 2. The second-order valence-corrected chi connectivity index (χ2v) is 16.9. The predicted molar refractivity (Wildman–Crippen MR) is 128 cm³/mol. The van der Waals surface area contributed by atoms with Crippen molar-refractivity contribution < 1.29 is 23.9 Å². The first kappa shape index (κ1) is 26.9. The molecule has 1 aromatic rings. The molecule has 0 spiro atoms. The molecule has 1 aromatic carbocycles. The first-order chi connectivity index (χ1) is 14.7. The van der Waals surface area contributed by atoms with Crippen molar-refractivity contribution in [3.8, 4) is 5.75 Å². The van der Waals surface area contributed by atoms with E-state index in [1.807, 2.05) is 0 Å². The van der Waals surface area contributed by atoms with Crippen molar-refractivity contribution in [2.75, 3.05) is 19.9 Å². The lowest BCUT2D eigenvalue weighted by molar-refractivity contribution is -0.485. The summed E-state index contributed by atoms with van der Waals surface area (Å²) in [6.45, 7) is 12.1. The Bertz CT molecular complexity index is 846. The molecule has 0 bridgehead atoms. The second kappa shape index (κ2) is 10.3. The molecular formula is C22H33Cl2NO6Si. The van der Waals surface area contributed by atoms with E-state index >= 15 is 0 Å². The summed E-state index contributed by atoms with van der Waals surface area (Å²) in [5.74, 6) is -0.977. The van der Waals surface area contributed by atoms with Crippen molar-refractivity contribution >= 4 is 37.2 Å². The van der Waals surface area contributed by atoms with E-state index in [1.54, 1.807) is 32.9 Å². The largest absolute Gasteiger partial charge is 0.467 e. The summed E-state index contributed by atoms with van der Waals surface area (Å²) in [4.78, 5) is 24.2. The monoisotopic (exact) mass is 505 g/mol. The molecule has 180 valence electrons. The van der Waals surface area contributed by atoms with Gasteiger partial charge in [-0.05, 0) is 51.8 Å². The number of ether oxygens (including phenoxy) is 3. The summed E-state index contributed by atoms with van der Waals surface area (Å²) in [6, 6.07) is 4.17. The standard InChI is InChI=1S/C22H33Cl2NO6Si/c1-21(2,3)31-20(26)22(9-10-22)15(13-25(27)28)18-17(8-7-16(23)19(18)24)30-14-29-11-12-32(4,5)6/h7-8,15H,9-14H2,1-6H3. The van der Waals surface area contributed by atoms with E-state index in [4.69, 9.17) is 37.4 Å². The Morgan fingerprint density at radius 2 is 1.88 bits per heavy atom. The van der Waals surface area contributed by atoms with Crippen LogP contribution in [0.15, 0.2) is 12.1 Å². The van der Waals surface area contributed by atoms with Crippen LogP contribution in [0.3, 0.4) is 0 Å². The molecule has 7 nitrogen and oxygen atoms in total. The van der Waals surface area contributed by atoms with Gasteiger partial charge in [-0.1, -0.05) is 42.8 Å². The molecule has 1 fully saturated rings. The average molecular weight is 506 g/mol. The lowest BCUT2D eigenvalue weighted by atomic mass is 9.82. The van der Waals surface area contributed by atoms with Gasteiger partial charge < -0.3 is 14.2 Å². The van der Waals surface area contributed by atoms with E-state index in [0.717, 1.165) is 6.04 Å². The number of carbonyl (C=O) groups is 1. The van der Waals surface area contributed by atoms with Crippen molar-refractivity contribution in [2.24, 2.45) is 5.41 Å². The van der Waals surface area contributed by atoms with Gasteiger partial charge in [-0.2, -0.15) is 0 Å². The Balaban J connectivity index is 2.34. The van der Waals surface area contributed by atoms with Gasteiger partial charge in [-0.3, -0.25) is 14.9 Å². The molecule has 2 rings (SSSR count). The van der Waals surface area contributed by atoms with Crippen LogP contribution in [-0.4, -0.2) is 44.5 Å². The fraction of sp³-hybridized carbons (Fsp3) is 0.682. The van der Waals surface area contributed by atoms with E-state index < -0.39 is 42.4 Å². The van der Waals surface area contributed by atoms with Crippen LogP contribution < -0.4 is 4.74 Å². The van der Waals surface area contributed by atoms with Gasteiger partial charge in [-0.15, -0.1) is 0 Å². The maximum Gasteiger partial charge on any atom is 0.313 e. The van der Waals surface area contributed by atoms with Gasteiger partial charge in [0.05, 0.1) is 21.4 Å². The number of benzene rings is 1. The highest BCUT2D eigenvalue weighted by Crippen LogP contribution is 2.60. The fourth-order valence-corrected chi connectivity index (χ4v) is 4.65. The van der Waals surface area contributed by atoms with Gasteiger partial charge >= 0.3 is 5.97 Å². The Kier molecular flexibility index (Phi) is 8.64. The van der Waals surface area contributed by atoms with Crippen LogP contribution in [-0.2, 0) is 14.3 Å². The number of rotatable bonds is 11. The van der Waals surface area contributed by atoms with Crippen molar-refractivity contribution in [2.45, 2.75) is 70.8 Å². The molecule has 0 aliphatic heterocycles. The molecular weight excluding hydrogens is 473 g/mol. The van der Waals surface area contributed by atoms with Crippen LogP contribution >= 0.6 is 23.2 Å². The molecule has 10 heteroatoms. The number of carbonyl (C=O) groups excluding carboxylic acids is 1. The summed E-state index contributed by atoms with van der Waals surface area (Å²) in [5.41, 5.74) is -1.40. The second-order valence-electron chi connectivity index (χ2n) is 10.5. The number of hydrogen-bond donors (Lipinski definition) is 0. The van der Waals surface area contributed by atoms with Gasteiger partial charge in [0.2, 0.25) is 6.54 Å². The minimum atomic E-state index is -1.24. The Morgan fingerprint density at radius 3 is 2.38 bits per heavy atom. The Hall–Kier alpha value is -1.35. The molecule has 1 aliphatic rings. The summed E-state index contributed by atoms with van der Waals surface area (Å²) < 4.78 is 17.1. The summed E-state index contributed by atoms with van der Waals surface area (Å²) in [7, 11) is -1.24. The van der Waals surface area contributed by atoms with Crippen molar-refractivity contribution in [3.05, 3.63) is 37.9 Å². The van der Waals surface area contributed by atoms with E-state index in [-0.39, 0.29) is 16.8 Å². The third-order valence-corrected chi connectivity index (χ3v) is 7.85. The molecule has 0 radical (unpaired) electrons. The molecule has 1 saturated carbocycles. The van der Waals surface area contributed by atoms with Crippen LogP contribution in [0.2, 0.25) is 35.7 Å². The smallest absolute Gasteiger partial charge is 0.313 e. The average Bonchev–Trinajstić information content (AvgIpc) is 3.42. The fourth-order valence-electron chi connectivity index (χ4n) is 3.44. The van der Waals surface area contributed by atoms with Crippen LogP contribution in [0.5, 0.6) is 5.75 Å². The minimum absolute atomic E-state index is 0.0277. The molecule has 0 N–H and O–H groups in total. The normalized spacial score (nSPS) is 16.4. The predicted octanol–water partition coefficient (Wildman–Crippen LogP) is 6.17. The van der Waals surface area contributed by atoms with E-state index in [0.29, 0.717) is 30.8 Å². The van der Waals surface area contributed by atoms with E-state index in [9.17, 15) is 14.9 Å². The lowest BCUT2D eigenvalue weighted by Gasteiger charge is -2.29. The van der Waals surface area contributed by atoms with Crippen LogP contribution in [0.4, 0.5) is 0 Å². The minimum Gasteiger partial charge on any atom is -0.467 e. The molecule has 0 heterocycles. The third-order valence-electron chi connectivity index (χ3n) is 5.33. The van der Waals surface area contributed by atoms with Gasteiger partial charge in [0.1, 0.15) is 11.4 Å². The molecule has 32 heavy (non-hydrogen) atoms. The maximum atomic E-state index is 13.1. The van der Waals surface area contributed by atoms with Crippen molar-refractivity contribution in [1.29, 1.82) is 0 Å². The Labute approximate surface area is 200 Å². The third kappa shape index (κ3) is 7.33. The highest BCUT2D eigenvalue weighted by molar-refractivity contribution is 6.76. The highest BCUT2D eigenvalue weighted by Gasteiger charge is 2.60. The quantitative estimate of drug-likeness (QED) is 0.0891. The first-order valence-corrected chi connectivity index (χ1v) is 15.2. The zero-order chi connectivity index (χ0) is 24.3. The molecule has 0 amide bonds. The first-order valence-electron chi connectivity index (χ1n) is 10.7.